The molecule has 6 amide bonds. The van der Waals surface area contributed by atoms with Crippen molar-refractivity contribution in [2.24, 2.45) is 11.8 Å². The molecule has 4 atom stereocenters. The Morgan fingerprint density at radius 1 is 0.641 bits per heavy atom. The van der Waals surface area contributed by atoms with Gasteiger partial charge in [0.05, 0.1) is 14.2 Å². The molecule has 16 heteroatoms. The van der Waals surface area contributed by atoms with E-state index in [4.69, 9.17) is 9.47 Å². The zero-order valence-electron chi connectivity index (χ0n) is 37.3. The number of carbonyl (C=O) groups is 6. The van der Waals surface area contributed by atoms with Crippen LogP contribution in [0.15, 0.2) is 72.8 Å². The Bertz CT molecular complexity index is 1960. The Morgan fingerprint density at radius 2 is 1.11 bits per heavy atom. The van der Waals surface area contributed by atoms with E-state index in [-0.39, 0.29) is 41.3 Å². The molecule has 3 aromatic rings. The third kappa shape index (κ3) is 11.9. The number of ether oxygens (including phenoxy) is 2. The summed E-state index contributed by atoms with van der Waals surface area (Å²) in [7, 11) is 2.52. The lowest BCUT2D eigenvalue weighted by Crippen LogP contribution is -2.55. The Hall–Kier alpha value is -6.19. The van der Waals surface area contributed by atoms with Crippen LogP contribution < -0.4 is 26.2 Å². The lowest BCUT2D eigenvalue weighted by Gasteiger charge is -2.32. The van der Waals surface area contributed by atoms with Crippen LogP contribution in [-0.2, 0) is 41.7 Å². The summed E-state index contributed by atoms with van der Waals surface area (Å²) in [4.78, 5) is 84.4. The van der Waals surface area contributed by atoms with Crippen molar-refractivity contribution in [1.82, 2.24) is 20.4 Å². The standard InChI is InChI=1S/C48H62FN7O8/c1-5-33(6-2)41(52-47(61)63-3)45(59)55-27-9-13-39(55)43(57)50-36-21-15-31(16-22-36)29-54(38-25-19-35(49)20-26-38)30-32-17-23-37(24-18-32)51-44(58)40-14-10-28-56(40)46(60)42(53-48(62)64-4)34-11-7-8-12-34/h15-26,33-34,39-42H,5-14,27-30H2,1-4H3,(H,50,57)(H,51,58)(H,52,61)(H,53,62). The topological polar surface area (TPSA) is 179 Å². The predicted molar refractivity (Wildman–Crippen MR) is 241 cm³/mol. The van der Waals surface area contributed by atoms with Crippen molar-refractivity contribution in [3.63, 3.8) is 0 Å². The molecule has 1 aliphatic carbocycles. The number of nitrogens with zero attached hydrogens (tertiary/aromatic N) is 3. The van der Waals surface area contributed by atoms with E-state index in [9.17, 15) is 33.2 Å². The second-order valence-electron chi connectivity index (χ2n) is 16.9. The number of hydrogen-bond acceptors (Lipinski definition) is 9. The lowest BCUT2D eigenvalue weighted by atomic mass is 9.93. The molecule has 2 heterocycles. The van der Waals surface area contributed by atoms with E-state index >= 15 is 0 Å². The van der Waals surface area contributed by atoms with Gasteiger partial charge in [-0.2, -0.15) is 0 Å². The smallest absolute Gasteiger partial charge is 0.407 e. The Labute approximate surface area is 374 Å². The number of hydrogen-bond donors (Lipinski definition) is 4. The number of amides is 6. The number of carbonyl (C=O) groups excluding carboxylic acids is 6. The Kier molecular flexibility index (Phi) is 16.6. The van der Waals surface area contributed by atoms with Gasteiger partial charge in [-0.15, -0.1) is 0 Å². The molecule has 4 N–H and O–H groups in total. The van der Waals surface area contributed by atoms with E-state index in [0.29, 0.717) is 76.1 Å². The second kappa shape index (κ2) is 22.4. The lowest BCUT2D eigenvalue weighted by molar-refractivity contribution is -0.139. The molecule has 3 fully saturated rings. The summed E-state index contributed by atoms with van der Waals surface area (Å²) in [6.07, 6.45) is 5.97. The van der Waals surface area contributed by atoms with E-state index in [2.05, 4.69) is 26.2 Å². The fourth-order valence-corrected chi connectivity index (χ4v) is 9.32. The highest BCUT2D eigenvalue weighted by atomic mass is 19.1. The fourth-order valence-electron chi connectivity index (χ4n) is 9.32. The molecule has 4 unspecified atom stereocenters. The van der Waals surface area contributed by atoms with Gasteiger partial charge in [-0.05, 0) is 110 Å². The minimum atomic E-state index is -0.802. The molecule has 0 radical (unpaired) electrons. The van der Waals surface area contributed by atoms with E-state index in [1.807, 2.05) is 62.4 Å². The monoisotopic (exact) mass is 883 g/mol. The highest BCUT2D eigenvalue weighted by Gasteiger charge is 2.42. The maximum absolute atomic E-state index is 14.0. The molecule has 0 bridgehead atoms. The maximum atomic E-state index is 14.0. The van der Waals surface area contributed by atoms with E-state index < -0.39 is 36.4 Å². The first-order valence-electron chi connectivity index (χ1n) is 22.5. The summed E-state index contributed by atoms with van der Waals surface area (Å²) in [5.41, 5.74) is 3.80. The van der Waals surface area contributed by atoms with Crippen LogP contribution >= 0.6 is 0 Å². The Balaban J connectivity index is 1.08. The van der Waals surface area contributed by atoms with Gasteiger partial charge >= 0.3 is 12.2 Å². The van der Waals surface area contributed by atoms with Gasteiger partial charge in [0.25, 0.3) is 0 Å². The summed E-state index contributed by atoms with van der Waals surface area (Å²) in [6.45, 7) is 5.66. The predicted octanol–water partition coefficient (Wildman–Crippen LogP) is 6.97. The van der Waals surface area contributed by atoms with Crippen LogP contribution in [-0.4, -0.2) is 97.1 Å². The van der Waals surface area contributed by atoms with Crippen molar-refractivity contribution in [1.29, 1.82) is 0 Å². The van der Waals surface area contributed by atoms with Crippen LogP contribution in [0.2, 0.25) is 0 Å². The van der Waals surface area contributed by atoms with Gasteiger partial charge in [0.1, 0.15) is 30.0 Å². The van der Waals surface area contributed by atoms with Crippen molar-refractivity contribution < 1.29 is 42.6 Å². The molecule has 344 valence electrons. The van der Waals surface area contributed by atoms with Crippen LogP contribution in [0.5, 0.6) is 0 Å². The van der Waals surface area contributed by atoms with Crippen LogP contribution in [0.25, 0.3) is 0 Å². The summed E-state index contributed by atoms with van der Waals surface area (Å²) in [5, 5.41) is 11.4. The zero-order valence-corrected chi connectivity index (χ0v) is 37.3. The quantitative estimate of drug-likeness (QED) is 0.112. The number of methoxy groups -OCH3 is 2. The number of likely N-dealkylation sites (tertiary alicyclic amines) is 2. The maximum Gasteiger partial charge on any atom is 0.407 e. The van der Waals surface area contributed by atoms with Crippen molar-refractivity contribution >= 4 is 52.9 Å². The highest BCUT2D eigenvalue weighted by Crippen LogP contribution is 2.31. The fraction of sp³-hybridized carbons (Fsp3) is 0.500. The molecule has 0 aromatic heterocycles. The molecule has 64 heavy (non-hydrogen) atoms. The molecule has 3 aliphatic rings. The second-order valence-corrected chi connectivity index (χ2v) is 16.9. The summed E-state index contributed by atoms with van der Waals surface area (Å²) in [5.74, 6) is -1.61. The van der Waals surface area contributed by atoms with Crippen LogP contribution in [0.3, 0.4) is 0 Å². The zero-order chi connectivity index (χ0) is 45.8. The van der Waals surface area contributed by atoms with Gasteiger partial charge in [0.2, 0.25) is 23.6 Å². The van der Waals surface area contributed by atoms with Crippen LogP contribution in [0.4, 0.5) is 31.0 Å². The number of benzene rings is 3. The van der Waals surface area contributed by atoms with Gasteiger partial charge in [-0.3, -0.25) is 19.2 Å². The van der Waals surface area contributed by atoms with Crippen molar-refractivity contribution in [3.05, 3.63) is 89.7 Å². The molecule has 2 saturated heterocycles. The first kappa shape index (κ1) is 47.3. The van der Waals surface area contributed by atoms with Gasteiger partial charge < -0.3 is 45.4 Å². The minimum absolute atomic E-state index is 0.00348. The van der Waals surface area contributed by atoms with Crippen molar-refractivity contribution in [2.45, 2.75) is 115 Å². The van der Waals surface area contributed by atoms with Gasteiger partial charge in [-0.1, -0.05) is 63.8 Å². The van der Waals surface area contributed by atoms with Crippen molar-refractivity contribution in [2.75, 3.05) is 42.8 Å². The molecule has 15 nitrogen and oxygen atoms in total. The van der Waals surface area contributed by atoms with E-state index in [0.717, 1.165) is 42.5 Å². The molecule has 1 saturated carbocycles. The minimum Gasteiger partial charge on any atom is -0.453 e. The Morgan fingerprint density at radius 3 is 1.58 bits per heavy atom. The molecule has 0 spiro atoms. The number of rotatable bonds is 17. The summed E-state index contributed by atoms with van der Waals surface area (Å²) < 4.78 is 23.6. The van der Waals surface area contributed by atoms with Gasteiger partial charge in [0, 0.05) is 43.2 Å². The average molecular weight is 884 g/mol. The largest absolute Gasteiger partial charge is 0.453 e. The first-order chi connectivity index (χ1) is 30.9. The van der Waals surface area contributed by atoms with E-state index in [1.165, 1.54) is 26.4 Å². The first-order valence-corrected chi connectivity index (χ1v) is 22.5. The molecule has 2 aliphatic heterocycles. The number of nitrogens with one attached hydrogen (secondary N) is 4. The average Bonchev–Trinajstić information content (AvgIpc) is 4.13. The number of alkyl carbamates (subject to hydrolysis) is 2. The SMILES string of the molecule is CCC(CC)C(NC(=O)OC)C(=O)N1CCCC1C(=O)Nc1ccc(CN(Cc2ccc(NC(=O)C3CCCN3C(=O)C(NC(=O)OC)C3CCCC3)cc2)c2ccc(F)cc2)cc1. The normalized spacial score (nSPS) is 18.3. The molecule has 3 aromatic carbocycles. The number of halogens is 1. The van der Waals surface area contributed by atoms with Crippen molar-refractivity contribution in [3.8, 4) is 0 Å². The van der Waals surface area contributed by atoms with Crippen LogP contribution in [0, 0.1) is 17.7 Å². The van der Waals surface area contributed by atoms with E-state index in [1.54, 1.807) is 21.9 Å². The summed E-state index contributed by atoms with van der Waals surface area (Å²) in [6, 6.07) is 18.2. The molecule has 6 rings (SSSR count). The third-order valence-corrected chi connectivity index (χ3v) is 12.9. The molecular formula is C48H62FN7O8. The molecular weight excluding hydrogens is 822 g/mol. The van der Waals surface area contributed by atoms with Gasteiger partial charge in [-0.25, -0.2) is 14.0 Å². The number of anilines is 3. The van der Waals surface area contributed by atoms with Crippen LogP contribution in [0.1, 0.15) is 89.2 Å². The summed E-state index contributed by atoms with van der Waals surface area (Å²) >= 11 is 0. The third-order valence-electron chi connectivity index (χ3n) is 12.9. The highest BCUT2D eigenvalue weighted by molar-refractivity contribution is 5.99. The van der Waals surface area contributed by atoms with Gasteiger partial charge in [0.15, 0.2) is 0 Å².